The number of sulfonamides is 1. The van der Waals surface area contributed by atoms with E-state index in [2.05, 4.69) is 10.2 Å². The fraction of sp³-hybridized carbons (Fsp3) is 0.429. The smallest absolute Gasteiger partial charge is 0.251 e. The van der Waals surface area contributed by atoms with E-state index < -0.39 is 15.9 Å². The molecule has 2 amide bonds. The monoisotopic (exact) mass is 431 g/mol. The Kier molecular flexibility index (Phi) is 5.92. The first-order chi connectivity index (χ1) is 14.5. The molecule has 1 N–H and O–H groups in total. The first-order valence-corrected chi connectivity index (χ1v) is 11.8. The minimum atomic E-state index is -3.67. The van der Waals surface area contributed by atoms with Crippen LogP contribution in [-0.2, 0) is 14.8 Å². The molecule has 8 nitrogen and oxygen atoms in total. The van der Waals surface area contributed by atoms with Crippen LogP contribution in [-0.4, -0.2) is 50.5 Å². The van der Waals surface area contributed by atoms with Crippen LogP contribution in [0, 0.1) is 0 Å². The molecule has 0 radical (unpaired) electrons. The van der Waals surface area contributed by atoms with E-state index >= 15 is 0 Å². The summed E-state index contributed by atoms with van der Waals surface area (Å²) in [5.41, 5.74) is 0.503. The molecule has 0 spiro atoms. The maximum atomic E-state index is 12.8. The highest BCUT2D eigenvalue weighted by Crippen LogP contribution is 2.27. The fourth-order valence-electron chi connectivity index (χ4n) is 4.05. The van der Waals surface area contributed by atoms with Crippen LogP contribution in [0.25, 0.3) is 0 Å². The Morgan fingerprint density at radius 2 is 1.93 bits per heavy atom. The zero-order valence-corrected chi connectivity index (χ0v) is 17.4. The number of anilines is 1. The van der Waals surface area contributed by atoms with Gasteiger partial charge in [-0.1, -0.05) is 12.5 Å². The minimum absolute atomic E-state index is 0.0422. The standard InChI is InChI=1S/C21H25N3O5S/c25-20-9-13-30(27,28)24(20)17-7-4-6-16(14-17)21(26)22-15-18(19-8-5-12-29-19)23-10-2-1-3-11-23/h4-8,12,14,18H,1-3,9-11,13,15H2,(H,22,26). The number of hydrogen-bond acceptors (Lipinski definition) is 6. The van der Waals surface area contributed by atoms with Gasteiger partial charge in [-0.25, -0.2) is 12.7 Å². The van der Waals surface area contributed by atoms with Crippen molar-refractivity contribution in [1.29, 1.82) is 0 Å². The molecule has 2 aliphatic heterocycles. The van der Waals surface area contributed by atoms with Crippen LogP contribution in [0.3, 0.4) is 0 Å². The van der Waals surface area contributed by atoms with Crippen molar-refractivity contribution in [1.82, 2.24) is 10.2 Å². The van der Waals surface area contributed by atoms with E-state index in [1.807, 2.05) is 12.1 Å². The first kappa shape index (κ1) is 20.6. The lowest BCUT2D eigenvalue weighted by molar-refractivity contribution is -0.116. The van der Waals surface area contributed by atoms with Crippen molar-refractivity contribution < 1.29 is 22.4 Å². The maximum absolute atomic E-state index is 12.8. The summed E-state index contributed by atoms with van der Waals surface area (Å²) in [6.07, 6.45) is 5.03. The highest BCUT2D eigenvalue weighted by atomic mass is 32.2. The van der Waals surface area contributed by atoms with Gasteiger partial charge in [-0.3, -0.25) is 14.5 Å². The van der Waals surface area contributed by atoms with Gasteiger partial charge in [-0.15, -0.1) is 0 Å². The third kappa shape index (κ3) is 4.27. The van der Waals surface area contributed by atoms with Gasteiger partial charge in [0.25, 0.3) is 5.91 Å². The van der Waals surface area contributed by atoms with E-state index in [0.29, 0.717) is 12.1 Å². The molecule has 1 aromatic carbocycles. The molecule has 3 heterocycles. The normalized spacial score (nSPS) is 20.3. The lowest BCUT2D eigenvalue weighted by Crippen LogP contribution is -2.40. The summed E-state index contributed by atoms with van der Waals surface area (Å²) in [6, 6.07) is 9.85. The lowest BCUT2D eigenvalue weighted by atomic mass is 10.1. The zero-order chi connectivity index (χ0) is 21.1. The number of carbonyl (C=O) groups excluding carboxylic acids is 2. The Bertz CT molecular complexity index is 1010. The molecule has 4 rings (SSSR count). The Balaban J connectivity index is 1.49. The number of furan rings is 1. The van der Waals surface area contributed by atoms with Crippen LogP contribution in [0.15, 0.2) is 47.1 Å². The Hall–Kier alpha value is -2.65. The topological polar surface area (TPSA) is 99.9 Å². The minimum Gasteiger partial charge on any atom is -0.468 e. The van der Waals surface area contributed by atoms with Crippen molar-refractivity contribution in [2.75, 3.05) is 29.7 Å². The average Bonchev–Trinajstić information content (AvgIpc) is 3.37. The summed E-state index contributed by atoms with van der Waals surface area (Å²) in [7, 11) is -3.67. The van der Waals surface area contributed by atoms with Crippen LogP contribution in [0.1, 0.15) is 47.8 Å². The molecule has 2 fully saturated rings. The SMILES string of the molecule is O=C(NCC(c1ccco1)N1CCCCC1)c1cccc(N2C(=O)CCS2(=O)=O)c1. The molecule has 2 aliphatic rings. The summed E-state index contributed by atoms with van der Waals surface area (Å²) < 4.78 is 30.7. The molecular weight excluding hydrogens is 406 g/mol. The first-order valence-electron chi connectivity index (χ1n) is 10.2. The molecule has 9 heteroatoms. The van der Waals surface area contributed by atoms with Crippen LogP contribution in [0.5, 0.6) is 0 Å². The van der Waals surface area contributed by atoms with Crippen molar-refractivity contribution in [2.45, 2.75) is 31.7 Å². The van der Waals surface area contributed by atoms with Crippen molar-refractivity contribution in [2.24, 2.45) is 0 Å². The molecule has 0 saturated carbocycles. The molecule has 0 bridgehead atoms. The predicted molar refractivity (Wildman–Crippen MR) is 112 cm³/mol. The van der Waals surface area contributed by atoms with Gasteiger partial charge in [-0.05, 0) is 56.3 Å². The number of piperidine rings is 1. The van der Waals surface area contributed by atoms with E-state index in [9.17, 15) is 18.0 Å². The number of likely N-dealkylation sites (tertiary alicyclic amines) is 1. The van der Waals surface area contributed by atoms with Gasteiger partial charge in [0.05, 0.1) is 23.7 Å². The Morgan fingerprint density at radius 1 is 1.13 bits per heavy atom. The molecular formula is C21H25N3O5S. The van der Waals surface area contributed by atoms with E-state index in [1.165, 1.54) is 18.6 Å². The Labute approximate surface area is 175 Å². The summed E-state index contributed by atoms with van der Waals surface area (Å²) >= 11 is 0. The van der Waals surface area contributed by atoms with Crippen LogP contribution >= 0.6 is 0 Å². The Morgan fingerprint density at radius 3 is 2.60 bits per heavy atom. The quantitative estimate of drug-likeness (QED) is 0.753. The van der Waals surface area contributed by atoms with Crippen LogP contribution in [0.2, 0.25) is 0 Å². The maximum Gasteiger partial charge on any atom is 0.251 e. The van der Waals surface area contributed by atoms with Gasteiger partial charge >= 0.3 is 0 Å². The van der Waals surface area contributed by atoms with Gasteiger partial charge in [0.15, 0.2) is 0 Å². The second-order valence-electron chi connectivity index (χ2n) is 7.61. The van der Waals surface area contributed by atoms with Crippen molar-refractivity contribution in [3.8, 4) is 0 Å². The van der Waals surface area contributed by atoms with E-state index in [4.69, 9.17) is 4.42 Å². The molecule has 1 aromatic heterocycles. The van der Waals surface area contributed by atoms with Gasteiger partial charge in [0.1, 0.15) is 5.76 Å². The molecule has 2 saturated heterocycles. The molecule has 30 heavy (non-hydrogen) atoms. The number of hydrogen-bond donors (Lipinski definition) is 1. The molecule has 1 unspecified atom stereocenters. The predicted octanol–water partition coefficient (Wildman–Crippen LogP) is 2.30. The molecule has 0 aliphatic carbocycles. The zero-order valence-electron chi connectivity index (χ0n) is 16.6. The third-order valence-electron chi connectivity index (χ3n) is 5.58. The lowest BCUT2D eigenvalue weighted by Gasteiger charge is -2.33. The number of nitrogens with zero attached hydrogens (tertiary/aromatic N) is 2. The number of nitrogens with one attached hydrogen (secondary N) is 1. The number of benzene rings is 1. The van der Waals surface area contributed by atoms with E-state index in [-0.39, 0.29) is 29.8 Å². The highest BCUT2D eigenvalue weighted by molar-refractivity contribution is 7.94. The van der Waals surface area contributed by atoms with Gasteiger partial charge in [-0.2, -0.15) is 0 Å². The molecule has 160 valence electrons. The average molecular weight is 432 g/mol. The highest BCUT2D eigenvalue weighted by Gasteiger charge is 2.36. The van der Waals surface area contributed by atoms with Crippen LogP contribution < -0.4 is 9.62 Å². The molecule has 2 aromatic rings. The largest absolute Gasteiger partial charge is 0.468 e. The summed E-state index contributed by atoms with van der Waals surface area (Å²) in [6.45, 7) is 2.27. The molecule has 1 atom stereocenters. The van der Waals surface area contributed by atoms with Crippen molar-refractivity contribution >= 4 is 27.5 Å². The summed E-state index contributed by atoms with van der Waals surface area (Å²) in [4.78, 5) is 27.1. The number of amides is 2. The second kappa shape index (κ2) is 8.61. The van der Waals surface area contributed by atoms with Crippen LogP contribution in [0.4, 0.5) is 5.69 Å². The van der Waals surface area contributed by atoms with Crippen molar-refractivity contribution in [3.63, 3.8) is 0 Å². The van der Waals surface area contributed by atoms with Gasteiger partial charge in [0, 0.05) is 18.5 Å². The summed E-state index contributed by atoms with van der Waals surface area (Å²) in [5.74, 6) is -0.201. The van der Waals surface area contributed by atoms with E-state index in [0.717, 1.165) is 36.0 Å². The fourth-order valence-corrected chi connectivity index (χ4v) is 5.51. The van der Waals surface area contributed by atoms with Gasteiger partial charge < -0.3 is 9.73 Å². The number of carbonyl (C=O) groups is 2. The van der Waals surface area contributed by atoms with Crippen molar-refractivity contribution in [3.05, 3.63) is 54.0 Å². The second-order valence-corrected chi connectivity index (χ2v) is 9.55. The van der Waals surface area contributed by atoms with E-state index in [1.54, 1.807) is 18.4 Å². The van der Waals surface area contributed by atoms with Gasteiger partial charge in [0.2, 0.25) is 15.9 Å². The third-order valence-corrected chi connectivity index (χ3v) is 7.27. The summed E-state index contributed by atoms with van der Waals surface area (Å²) in [5, 5.41) is 2.94. The number of rotatable bonds is 6.